The van der Waals surface area contributed by atoms with Crippen LogP contribution >= 0.6 is 22.9 Å². The van der Waals surface area contributed by atoms with Gasteiger partial charge in [0, 0.05) is 17.8 Å². The summed E-state index contributed by atoms with van der Waals surface area (Å²) in [6.07, 6.45) is 3.27. The van der Waals surface area contributed by atoms with Crippen molar-refractivity contribution in [1.82, 2.24) is 14.8 Å². The molecule has 1 saturated heterocycles. The van der Waals surface area contributed by atoms with E-state index < -0.39 is 0 Å². The van der Waals surface area contributed by atoms with Crippen LogP contribution in [0.25, 0.3) is 0 Å². The zero-order valence-corrected chi connectivity index (χ0v) is 12.8. The molecule has 2 heterocycles. The van der Waals surface area contributed by atoms with E-state index in [2.05, 4.69) is 29.3 Å². The number of hydrogen-bond donors (Lipinski definition) is 0. The lowest BCUT2D eigenvalue weighted by Crippen LogP contribution is -2.30. The van der Waals surface area contributed by atoms with Crippen LogP contribution in [0.15, 0.2) is 5.38 Å². The molecule has 0 amide bonds. The highest BCUT2D eigenvalue weighted by molar-refractivity contribution is 7.09. The molecule has 0 aliphatic carbocycles. The molecule has 0 saturated carbocycles. The molecule has 0 spiro atoms. The molecule has 0 bridgehead atoms. The van der Waals surface area contributed by atoms with Gasteiger partial charge in [0.25, 0.3) is 0 Å². The summed E-state index contributed by atoms with van der Waals surface area (Å²) in [5, 5.41) is 3.46. The Morgan fingerprint density at radius 2 is 2.28 bits per heavy atom. The molecule has 102 valence electrons. The van der Waals surface area contributed by atoms with Gasteiger partial charge < -0.3 is 4.90 Å². The molecule has 0 radical (unpaired) electrons. The van der Waals surface area contributed by atoms with E-state index in [0.717, 1.165) is 31.8 Å². The third-order valence-electron chi connectivity index (χ3n) is 3.49. The van der Waals surface area contributed by atoms with Crippen LogP contribution in [0, 0.1) is 0 Å². The molecule has 1 aromatic rings. The van der Waals surface area contributed by atoms with Crippen molar-refractivity contribution >= 4 is 22.9 Å². The fourth-order valence-corrected chi connectivity index (χ4v) is 3.52. The smallest absolute Gasteiger partial charge is 0.111 e. The summed E-state index contributed by atoms with van der Waals surface area (Å²) in [6, 6.07) is 0.451. The van der Waals surface area contributed by atoms with Crippen molar-refractivity contribution in [2.45, 2.75) is 25.3 Å². The average Bonchev–Trinajstić information content (AvgIpc) is 2.75. The van der Waals surface area contributed by atoms with Crippen LogP contribution in [-0.2, 0) is 6.42 Å². The number of hydrogen-bond acceptors (Lipinski definition) is 4. The first kappa shape index (κ1) is 14.3. The summed E-state index contributed by atoms with van der Waals surface area (Å²) < 4.78 is 0. The minimum absolute atomic E-state index is 0.451. The van der Waals surface area contributed by atoms with Crippen LogP contribution in [0.1, 0.15) is 29.6 Å². The Balaban J connectivity index is 2.05. The Morgan fingerprint density at radius 3 is 3.06 bits per heavy atom. The molecule has 3 nitrogen and oxygen atoms in total. The largest absolute Gasteiger partial charge is 0.304 e. The molecule has 1 fully saturated rings. The van der Waals surface area contributed by atoms with Gasteiger partial charge in [-0.1, -0.05) is 0 Å². The van der Waals surface area contributed by atoms with Gasteiger partial charge in [-0.15, -0.1) is 22.9 Å². The molecular formula is C13H22ClN3S. The minimum Gasteiger partial charge on any atom is -0.304 e. The maximum absolute atomic E-state index is 5.73. The van der Waals surface area contributed by atoms with E-state index in [1.165, 1.54) is 23.7 Å². The molecule has 18 heavy (non-hydrogen) atoms. The number of aromatic nitrogens is 1. The predicted octanol–water partition coefficient (Wildman–Crippen LogP) is 2.62. The topological polar surface area (TPSA) is 19.4 Å². The third-order valence-corrected chi connectivity index (χ3v) is 4.75. The highest BCUT2D eigenvalue weighted by Crippen LogP contribution is 2.26. The van der Waals surface area contributed by atoms with E-state index in [-0.39, 0.29) is 0 Å². The second-order valence-corrected chi connectivity index (χ2v) is 6.35. The standard InChI is InChI=1S/C13H22ClN3S/c1-16-7-4-8-17(2)12(9-16)13-15-11(10-18-13)5-3-6-14/h10,12H,3-9H2,1-2H3. The number of likely N-dealkylation sites (N-methyl/N-ethyl adjacent to an activating group) is 2. The number of thiazole rings is 1. The Labute approximate surface area is 119 Å². The van der Waals surface area contributed by atoms with Gasteiger partial charge in [0.2, 0.25) is 0 Å². The van der Waals surface area contributed by atoms with Crippen molar-refractivity contribution in [1.29, 1.82) is 0 Å². The normalized spacial score (nSPS) is 23.2. The van der Waals surface area contributed by atoms with E-state index in [9.17, 15) is 0 Å². The molecule has 1 aromatic heterocycles. The van der Waals surface area contributed by atoms with Gasteiger partial charge in [0.15, 0.2) is 0 Å². The maximum atomic E-state index is 5.73. The van der Waals surface area contributed by atoms with E-state index in [4.69, 9.17) is 16.6 Å². The zero-order chi connectivity index (χ0) is 13.0. The van der Waals surface area contributed by atoms with Crippen LogP contribution in [0.5, 0.6) is 0 Å². The van der Waals surface area contributed by atoms with Gasteiger partial charge in [0.1, 0.15) is 5.01 Å². The van der Waals surface area contributed by atoms with Crippen LogP contribution in [-0.4, -0.2) is 54.4 Å². The Kier molecular flexibility index (Phi) is 5.42. The van der Waals surface area contributed by atoms with Crippen LogP contribution in [0.4, 0.5) is 0 Å². The summed E-state index contributed by atoms with van der Waals surface area (Å²) in [5.41, 5.74) is 1.20. The van der Waals surface area contributed by atoms with E-state index >= 15 is 0 Å². The molecule has 1 atom stereocenters. The molecule has 1 aliphatic rings. The summed E-state index contributed by atoms with van der Waals surface area (Å²) in [6.45, 7) is 3.43. The highest BCUT2D eigenvalue weighted by atomic mass is 35.5. The lowest BCUT2D eigenvalue weighted by Gasteiger charge is -2.25. The fraction of sp³-hybridized carbons (Fsp3) is 0.769. The van der Waals surface area contributed by atoms with Gasteiger partial charge >= 0.3 is 0 Å². The molecule has 5 heteroatoms. The lowest BCUT2D eigenvalue weighted by atomic mass is 10.2. The van der Waals surface area contributed by atoms with Crippen LogP contribution in [0.2, 0.25) is 0 Å². The molecular weight excluding hydrogens is 266 g/mol. The average molecular weight is 288 g/mol. The van der Waals surface area contributed by atoms with Crippen molar-refractivity contribution in [3.8, 4) is 0 Å². The van der Waals surface area contributed by atoms with Gasteiger partial charge in [-0.3, -0.25) is 4.90 Å². The summed E-state index contributed by atoms with van der Waals surface area (Å²) in [4.78, 5) is 9.64. The summed E-state index contributed by atoms with van der Waals surface area (Å²) in [5.74, 6) is 0.721. The van der Waals surface area contributed by atoms with E-state index in [1.54, 1.807) is 11.3 Å². The predicted molar refractivity (Wildman–Crippen MR) is 78.6 cm³/mol. The number of halogens is 1. The quantitative estimate of drug-likeness (QED) is 0.794. The summed E-state index contributed by atoms with van der Waals surface area (Å²) >= 11 is 7.53. The van der Waals surface area contributed by atoms with E-state index in [0.29, 0.717) is 6.04 Å². The molecule has 2 rings (SSSR count). The first-order chi connectivity index (χ1) is 8.70. The summed E-state index contributed by atoms with van der Waals surface area (Å²) in [7, 11) is 4.41. The Hall–Kier alpha value is -0.160. The van der Waals surface area contributed by atoms with Crippen molar-refractivity contribution in [3.05, 3.63) is 16.1 Å². The fourth-order valence-electron chi connectivity index (χ4n) is 2.38. The van der Waals surface area contributed by atoms with Crippen molar-refractivity contribution in [2.24, 2.45) is 0 Å². The minimum atomic E-state index is 0.451. The molecule has 0 aromatic carbocycles. The number of alkyl halides is 1. The molecule has 0 N–H and O–H groups in total. The van der Waals surface area contributed by atoms with Gasteiger partial charge in [-0.25, -0.2) is 4.98 Å². The maximum Gasteiger partial charge on any atom is 0.111 e. The second-order valence-electron chi connectivity index (χ2n) is 5.08. The Bertz CT molecular complexity index is 369. The van der Waals surface area contributed by atoms with Crippen molar-refractivity contribution < 1.29 is 0 Å². The van der Waals surface area contributed by atoms with Gasteiger partial charge in [0.05, 0.1) is 11.7 Å². The highest BCUT2D eigenvalue weighted by Gasteiger charge is 2.24. The monoisotopic (exact) mass is 287 g/mol. The zero-order valence-electron chi connectivity index (χ0n) is 11.2. The van der Waals surface area contributed by atoms with Crippen LogP contribution in [0.3, 0.4) is 0 Å². The number of rotatable bonds is 4. The first-order valence-corrected chi connectivity index (χ1v) is 8.01. The van der Waals surface area contributed by atoms with Crippen molar-refractivity contribution in [2.75, 3.05) is 39.6 Å². The number of aryl methyl sites for hydroxylation is 1. The number of nitrogens with zero attached hydrogens (tertiary/aromatic N) is 3. The second kappa shape index (κ2) is 6.85. The first-order valence-electron chi connectivity index (χ1n) is 6.59. The molecule has 1 aliphatic heterocycles. The Morgan fingerprint density at radius 1 is 1.44 bits per heavy atom. The van der Waals surface area contributed by atoms with Gasteiger partial charge in [-0.05, 0) is 46.4 Å². The lowest BCUT2D eigenvalue weighted by molar-refractivity contribution is 0.228. The van der Waals surface area contributed by atoms with E-state index in [1.807, 2.05) is 0 Å². The van der Waals surface area contributed by atoms with Gasteiger partial charge in [-0.2, -0.15) is 0 Å². The van der Waals surface area contributed by atoms with Crippen molar-refractivity contribution in [3.63, 3.8) is 0 Å². The molecule has 1 unspecified atom stereocenters. The van der Waals surface area contributed by atoms with Crippen LogP contribution < -0.4 is 0 Å². The third kappa shape index (κ3) is 3.67. The SMILES string of the molecule is CN1CCCN(C)C(c2nc(CCCCl)cs2)C1.